The SMILES string of the molecule is O=C(CCNc1ccccc1[N+](=O)[O-])OCc1cc2ccccc2o1. The van der Waals surface area contributed by atoms with E-state index < -0.39 is 10.9 Å². The third-order valence-electron chi connectivity index (χ3n) is 3.60. The van der Waals surface area contributed by atoms with Gasteiger partial charge in [-0.3, -0.25) is 14.9 Å². The number of nitrogens with one attached hydrogen (secondary N) is 1. The number of hydrogen-bond acceptors (Lipinski definition) is 6. The molecule has 0 aliphatic heterocycles. The predicted molar refractivity (Wildman–Crippen MR) is 92.2 cm³/mol. The molecule has 3 rings (SSSR count). The van der Waals surface area contributed by atoms with Gasteiger partial charge in [-0.2, -0.15) is 0 Å². The number of carbonyl (C=O) groups excluding carboxylic acids is 1. The van der Waals surface area contributed by atoms with Crippen LogP contribution in [0.3, 0.4) is 0 Å². The number of nitro benzene ring substituents is 1. The zero-order valence-corrected chi connectivity index (χ0v) is 13.3. The van der Waals surface area contributed by atoms with Crippen molar-refractivity contribution in [2.24, 2.45) is 0 Å². The second-order valence-electron chi connectivity index (χ2n) is 5.36. The maximum Gasteiger partial charge on any atom is 0.308 e. The van der Waals surface area contributed by atoms with E-state index in [1.807, 2.05) is 30.3 Å². The normalized spacial score (nSPS) is 10.6. The maximum absolute atomic E-state index is 11.8. The monoisotopic (exact) mass is 340 g/mol. The number of ether oxygens (including phenoxy) is 1. The zero-order valence-electron chi connectivity index (χ0n) is 13.3. The molecule has 0 aliphatic rings. The van der Waals surface area contributed by atoms with E-state index in [0.29, 0.717) is 11.4 Å². The van der Waals surface area contributed by atoms with Crippen molar-refractivity contribution in [1.29, 1.82) is 0 Å². The van der Waals surface area contributed by atoms with Gasteiger partial charge in [0.2, 0.25) is 0 Å². The number of anilines is 1. The summed E-state index contributed by atoms with van der Waals surface area (Å²) < 4.78 is 10.7. The fourth-order valence-electron chi connectivity index (χ4n) is 2.41. The predicted octanol–water partition coefficient (Wildman–Crippen LogP) is 3.89. The first-order valence-corrected chi connectivity index (χ1v) is 7.74. The van der Waals surface area contributed by atoms with Gasteiger partial charge in [-0.25, -0.2) is 0 Å². The van der Waals surface area contributed by atoms with E-state index in [2.05, 4.69) is 5.32 Å². The number of para-hydroxylation sites is 3. The van der Waals surface area contributed by atoms with Crippen LogP contribution < -0.4 is 5.32 Å². The Morgan fingerprint density at radius 1 is 1.16 bits per heavy atom. The molecule has 128 valence electrons. The first-order chi connectivity index (χ1) is 12.1. The number of nitrogens with zero attached hydrogens (tertiary/aromatic N) is 1. The number of nitro groups is 1. The molecule has 0 bridgehead atoms. The quantitative estimate of drug-likeness (QED) is 0.398. The Morgan fingerprint density at radius 2 is 1.92 bits per heavy atom. The Kier molecular flexibility index (Phi) is 4.94. The Balaban J connectivity index is 1.48. The lowest BCUT2D eigenvalue weighted by atomic mass is 10.2. The summed E-state index contributed by atoms with van der Waals surface area (Å²) in [6, 6.07) is 15.6. The van der Waals surface area contributed by atoms with E-state index in [9.17, 15) is 14.9 Å². The van der Waals surface area contributed by atoms with Crippen LogP contribution in [0.1, 0.15) is 12.2 Å². The largest absolute Gasteiger partial charge is 0.457 e. The number of rotatable bonds is 7. The lowest BCUT2D eigenvalue weighted by Crippen LogP contribution is -2.12. The summed E-state index contributed by atoms with van der Waals surface area (Å²) in [5, 5.41) is 14.7. The molecule has 0 saturated carbocycles. The number of esters is 1. The first kappa shape index (κ1) is 16.5. The van der Waals surface area contributed by atoms with Crippen LogP contribution >= 0.6 is 0 Å². The molecule has 1 heterocycles. The van der Waals surface area contributed by atoms with E-state index in [1.54, 1.807) is 18.2 Å². The van der Waals surface area contributed by atoms with Crippen LogP contribution in [0.5, 0.6) is 0 Å². The number of fused-ring (bicyclic) bond motifs is 1. The summed E-state index contributed by atoms with van der Waals surface area (Å²) in [4.78, 5) is 22.2. The van der Waals surface area contributed by atoms with Crippen LogP contribution in [0.15, 0.2) is 59.0 Å². The van der Waals surface area contributed by atoms with E-state index in [1.165, 1.54) is 6.07 Å². The van der Waals surface area contributed by atoms with Crippen molar-refractivity contribution in [3.8, 4) is 0 Å². The van der Waals surface area contributed by atoms with Gasteiger partial charge < -0.3 is 14.5 Å². The van der Waals surface area contributed by atoms with Crippen LogP contribution in [-0.2, 0) is 16.1 Å². The lowest BCUT2D eigenvalue weighted by molar-refractivity contribution is -0.384. The molecule has 3 aromatic rings. The summed E-state index contributed by atoms with van der Waals surface area (Å²) in [6.45, 7) is 0.294. The molecule has 0 fully saturated rings. The lowest BCUT2D eigenvalue weighted by Gasteiger charge is -2.06. The number of benzene rings is 2. The van der Waals surface area contributed by atoms with E-state index in [4.69, 9.17) is 9.15 Å². The van der Waals surface area contributed by atoms with Crippen molar-refractivity contribution in [1.82, 2.24) is 0 Å². The molecule has 0 amide bonds. The molecule has 2 aromatic carbocycles. The van der Waals surface area contributed by atoms with Gasteiger partial charge in [0.05, 0.1) is 11.3 Å². The second-order valence-corrected chi connectivity index (χ2v) is 5.36. The topological polar surface area (TPSA) is 94.6 Å². The molecule has 7 nitrogen and oxygen atoms in total. The van der Waals surface area contributed by atoms with Gasteiger partial charge in [-0.15, -0.1) is 0 Å². The molecule has 0 radical (unpaired) electrons. The van der Waals surface area contributed by atoms with Crippen molar-refractivity contribution in [3.05, 3.63) is 70.5 Å². The van der Waals surface area contributed by atoms with Crippen molar-refractivity contribution < 1.29 is 18.9 Å². The zero-order chi connectivity index (χ0) is 17.6. The van der Waals surface area contributed by atoms with Gasteiger partial charge in [0.1, 0.15) is 23.6 Å². The summed E-state index contributed by atoms with van der Waals surface area (Å²) >= 11 is 0. The highest BCUT2D eigenvalue weighted by molar-refractivity contribution is 5.77. The summed E-state index contributed by atoms with van der Waals surface area (Å²) in [7, 11) is 0. The number of carbonyl (C=O) groups is 1. The summed E-state index contributed by atoms with van der Waals surface area (Å²) in [5.74, 6) is 0.160. The van der Waals surface area contributed by atoms with E-state index >= 15 is 0 Å². The summed E-state index contributed by atoms with van der Waals surface area (Å²) in [5.41, 5.74) is 1.09. The van der Waals surface area contributed by atoms with E-state index in [-0.39, 0.29) is 25.3 Å². The van der Waals surface area contributed by atoms with Crippen molar-refractivity contribution in [2.75, 3.05) is 11.9 Å². The molecule has 0 aliphatic carbocycles. The third-order valence-corrected chi connectivity index (χ3v) is 3.60. The minimum absolute atomic E-state index is 0.0295. The van der Waals surface area contributed by atoms with Gasteiger partial charge >= 0.3 is 5.97 Å². The fourth-order valence-corrected chi connectivity index (χ4v) is 2.41. The van der Waals surface area contributed by atoms with Gasteiger partial charge in [-0.1, -0.05) is 30.3 Å². The number of hydrogen-bond donors (Lipinski definition) is 1. The van der Waals surface area contributed by atoms with E-state index in [0.717, 1.165) is 11.0 Å². The second kappa shape index (κ2) is 7.48. The molecule has 0 saturated heterocycles. The maximum atomic E-state index is 11.8. The van der Waals surface area contributed by atoms with Crippen LogP contribution in [0, 0.1) is 10.1 Å². The van der Waals surface area contributed by atoms with Gasteiger partial charge in [0.25, 0.3) is 5.69 Å². The Hall–Kier alpha value is -3.35. The van der Waals surface area contributed by atoms with Crippen molar-refractivity contribution in [3.63, 3.8) is 0 Å². The van der Waals surface area contributed by atoms with Crippen LogP contribution in [-0.4, -0.2) is 17.4 Å². The van der Waals surface area contributed by atoms with Crippen LogP contribution in [0.2, 0.25) is 0 Å². The molecular weight excluding hydrogens is 324 g/mol. The highest BCUT2D eigenvalue weighted by Crippen LogP contribution is 2.23. The smallest absolute Gasteiger partial charge is 0.308 e. The average molecular weight is 340 g/mol. The molecule has 1 N–H and O–H groups in total. The molecule has 1 aromatic heterocycles. The Bertz CT molecular complexity index is 870. The van der Waals surface area contributed by atoms with Crippen LogP contribution in [0.4, 0.5) is 11.4 Å². The Morgan fingerprint density at radius 3 is 2.72 bits per heavy atom. The highest BCUT2D eigenvalue weighted by atomic mass is 16.6. The van der Waals surface area contributed by atoms with Gasteiger partial charge in [0, 0.05) is 18.0 Å². The standard InChI is InChI=1S/C18H16N2O5/c21-18(9-10-19-15-6-2-3-7-16(15)20(22)23)24-12-14-11-13-5-1-4-8-17(13)25-14/h1-8,11,19H,9-10,12H2. The van der Waals surface area contributed by atoms with Gasteiger partial charge in [0.15, 0.2) is 0 Å². The minimum Gasteiger partial charge on any atom is -0.457 e. The molecule has 25 heavy (non-hydrogen) atoms. The molecule has 7 heteroatoms. The molecule has 0 spiro atoms. The highest BCUT2D eigenvalue weighted by Gasteiger charge is 2.12. The number of furan rings is 1. The van der Waals surface area contributed by atoms with Gasteiger partial charge in [-0.05, 0) is 18.2 Å². The fraction of sp³-hybridized carbons (Fsp3) is 0.167. The molecule has 0 unspecified atom stereocenters. The van der Waals surface area contributed by atoms with Crippen molar-refractivity contribution >= 4 is 28.3 Å². The van der Waals surface area contributed by atoms with Crippen molar-refractivity contribution in [2.45, 2.75) is 13.0 Å². The average Bonchev–Trinajstić information content (AvgIpc) is 3.03. The van der Waals surface area contributed by atoms with Crippen LogP contribution in [0.25, 0.3) is 11.0 Å². The molecule has 0 atom stereocenters. The minimum atomic E-state index is -0.470. The molecular formula is C18H16N2O5. The first-order valence-electron chi connectivity index (χ1n) is 7.74. The Labute approximate surface area is 143 Å². The third kappa shape index (κ3) is 4.14. The summed E-state index contributed by atoms with van der Waals surface area (Å²) in [6.07, 6.45) is 0.0896.